The SMILES string of the molecule is CCOP(=O)(OCC)/C(=N/OCc1ccccc1)S(C)(=O)=O. The van der Waals surface area contributed by atoms with Crippen LogP contribution in [0.3, 0.4) is 0 Å². The second-order valence-corrected chi connectivity index (χ2v) is 8.41. The molecule has 0 saturated heterocycles. The zero-order valence-electron chi connectivity index (χ0n) is 12.8. The fraction of sp³-hybridized carbons (Fsp3) is 0.462. The van der Waals surface area contributed by atoms with Crippen molar-refractivity contribution in [1.29, 1.82) is 0 Å². The van der Waals surface area contributed by atoms with Gasteiger partial charge >= 0.3 is 7.60 Å². The van der Waals surface area contributed by atoms with Crippen LogP contribution in [0.25, 0.3) is 0 Å². The van der Waals surface area contributed by atoms with Crippen molar-refractivity contribution in [2.75, 3.05) is 19.5 Å². The zero-order valence-corrected chi connectivity index (χ0v) is 14.5. The molecule has 0 aliphatic rings. The van der Waals surface area contributed by atoms with Gasteiger partial charge in [0.15, 0.2) is 0 Å². The quantitative estimate of drug-likeness (QED) is 0.310. The topological polar surface area (TPSA) is 91.3 Å². The van der Waals surface area contributed by atoms with Crippen LogP contribution in [0.15, 0.2) is 35.5 Å². The van der Waals surface area contributed by atoms with Crippen LogP contribution in [0.4, 0.5) is 0 Å². The summed E-state index contributed by atoms with van der Waals surface area (Å²) in [6, 6.07) is 9.05. The van der Waals surface area contributed by atoms with Crippen LogP contribution < -0.4 is 0 Å². The molecule has 0 N–H and O–H groups in total. The molecule has 0 aromatic heterocycles. The van der Waals surface area contributed by atoms with Gasteiger partial charge in [-0.1, -0.05) is 35.5 Å². The number of nitrogens with zero attached hydrogens (tertiary/aromatic N) is 1. The van der Waals surface area contributed by atoms with E-state index in [2.05, 4.69) is 5.16 Å². The molecule has 9 heteroatoms. The smallest absolute Gasteiger partial charge is 0.390 e. The summed E-state index contributed by atoms with van der Waals surface area (Å²) in [6.07, 6.45) is 0.877. The largest absolute Gasteiger partial charge is 0.394 e. The van der Waals surface area contributed by atoms with E-state index < -0.39 is 22.2 Å². The van der Waals surface area contributed by atoms with Crippen molar-refractivity contribution in [3.63, 3.8) is 0 Å². The third kappa shape index (κ3) is 5.53. The van der Waals surface area contributed by atoms with Crippen LogP contribution in [-0.4, -0.2) is 32.7 Å². The fourth-order valence-electron chi connectivity index (χ4n) is 1.54. The van der Waals surface area contributed by atoms with E-state index >= 15 is 0 Å². The maximum Gasteiger partial charge on any atom is 0.394 e. The van der Waals surface area contributed by atoms with Gasteiger partial charge in [-0.25, -0.2) is 8.42 Å². The third-order valence-corrected chi connectivity index (χ3v) is 6.53. The van der Waals surface area contributed by atoms with Crippen molar-refractivity contribution in [3.8, 4) is 0 Å². The Labute approximate surface area is 130 Å². The van der Waals surface area contributed by atoms with Gasteiger partial charge < -0.3 is 13.9 Å². The predicted molar refractivity (Wildman–Crippen MR) is 84.4 cm³/mol. The maximum atomic E-state index is 12.6. The van der Waals surface area contributed by atoms with Gasteiger partial charge in [0, 0.05) is 6.26 Å². The van der Waals surface area contributed by atoms with E-state index in [1.165, 1.54) is 0 Å². The van der Waals surface area contributed by atoms with Crippen molar-refractivity contribution in [1.82, 2.24) is 0 Å². The standard InChI is InChI=1S/C13H20NO6PS/c1-4-19-21(15,20-5-2)13(22(3,16)17)14-18-11-12-9-7-6-8-10-12/h6-10H,4-5,11H2,1-3H3/b14-13-. The van der Waals surface area contributed by atoms with E-state index in [0.717, 1.165) is 11.8 Å². The highest BCUT2D eigenvalue weighted by Crippen LogP contribution is 2.51. The van der Waals surface area contributed by atoms with Crippen LogP contribution in [0.2, 0.25) is 0 Å². The van der Waals surface area contributed by atoms with Crippen LogP contribution in [0, 0.1) is 0 Å². The Hall–Kier alpha value is -1.21. The number of hydrogen-bond donors (Lipinski definition) is 0. The molecule has 0 unspecified atom stereocenters. The lowest BCUT2D eigenvalue weighted by atomic mass is 10.2. The van der Waals surface area contributed by atoms with Crippen molar-refractivity contribution in [3.05, 3.63) is 35.9 Å². The summed E-state index contributed by atoms with van der Waals surface area (Å²) >= 11 is 0. The van der Waals surface area contributed by atoms with E-state index in [1.54, 1.807) is 26.0 Å². The van der Waals surface area contributed by atoms with Crippen LogP contribution in [-0.2, 0) is 34.9 Å². The molecule has 1 rings (SSSR count). The highest BCUT2D eigenvalue weighted by Gasteiger charge is 2.40. The molecule has 1 aromatic carbocycles. The van der Waals surface area contributed by atoms with E-state index in [0.29, 0.717) is 0 Å². The summed E-state index contributed by atoms with van der Waals surface area (Å²) in [5.74, 6) is 0. The first-order valence-electron chi connectivity index (χ1n) is 6.67. The first-order valence-corrected chi connectivity index (χ1v) is 10.1. The minimum Gasteiger partial charge on any atom is -0.390 e. The van der Waals surface area contributed by atoms with E-state index in [9.17, 15) is 13.0 Å². The zero-order chi connectivity index (χ0) is 16.6. The molecule has 0 spiro atoms. The summed E-state index contributed by atoms with van der Waals surface area (Å²) < 4.78 is 46.2. The molecule has 0 heterocycles. The monoisotopic (exact) mass is 349 g/mol. The molecule has 0 radical (unpaired) electrons. The summed E-state index contributed by atoms with van der Waals surface area (Å²) in [6.45, 7) is 3.24. The van der Waals surface area contributed by atoms with E-state index in [-0.39, 0.29) is 19.8 Å². The minimum atomic E-state index is -4.04. The Morgan fingerprint density at radius 2 is 1.68 bits per heavy atom. The molecule has 0 fully saturated rings. The Bertz CT molecular complexity index is 634. The fourth-order valence-corrected chi connectivity index (χ4v) is 4.81. The summed E-state index contributed by atoms with van der Waals surface area (Å²) in [7, 11) is -7.94. The van der Waals surface area contributed by atoms with Gasteiger partial charge in [-0.2, -0.15) is 0 Å². The molecule has 0 amide bonds. The first kappa shape index (κ1) is 18.8. The lowest BCUT2D eigenvalue weighted by Gasteiger charge is -2.17. The molecule has 0 aliphatic heterocycles. The Balaban J connectivity index is 3.02. The van der Waals surface area contributed by atoms with Crippen molar-refractivity contribution in [2.24, 2.45) is 5.16 Å². The number of oxime groups is 1. The molecule has 0 aliphatic carbocycles. The molecule has 7 nitrogen and oxygen atoms in total. The molecule has 22 heavy (non-hydrogen) atoms. The van der Waals surface area contributed by atoms with Crippen LogP contribution in [0.5, 0.6) is 0 Å². The van der Waals surface area contributed by atoms with Gasteiger partial charge in [0.25, 0.3) is 4.78 Å². The Morgan fingerprint density at radius 3 is 2.14 bits per heavy atom. The molecule has 1 aromatic rings. The number of hydrogen-bond acceptors (Lipinski definition) is 7. The average Bonchev–Trinajstić information content (AvgIpc) is 2.43. The Morgan fingerprint density at radius 1 is 1.14 bits per heavy atom. The number of benzene rings is 1. The molecular formula is C13H20NO6PS. The average molecular weight is 349 g/mol. The molecule has 0 atom stereocenters. The van der Waals surface area contributed by atoms with Gasteiger partial charge in [0.05, 0.1) is 13.2 Å². The van der Waals surface area contributed by atoms with Gasteiger partial charge in [0.2, 0.25) is 9.84 Å². The summed E-state index contributed by atoms with van der Waals surface area (Å²) in [4.78, 5) is 4.30. The van der Waals surface area contributed by atoms with Crippen LogP contribution in [0.1, 0.15) is 19.4 Å². The molecule has 124 valence electrons. The molecule has 0 saturated carbocycles. The van der Waals surface area contributed by atoms with E-state index in [1.807, 2.05) is 18.2 Å². The van der Waals surface area contributed by atoms with Gasteiger partial charge in [-0.15, -0.1) is 0 Å². The lowest BCUT2D eigenvalue weighted by Crippen LogP contribution is -2.17. The minimum absolute atomic E-state index is 0.0184. The highest BCUT2D eigenvalue weighted by atomic mass is 32.2. The summed E-state index contributed by atoms with van der Waals surface area (Å²) in [5, 5.41) is 3.52. The molecule has 0 bridgehead atoms. The second kappa shape index (κ2) is 8.43. The van der Waals surface area contributed by atoms with Gasteiger partial charge in [-0.3, -0.25) is 4.57 Å². The third-order valence-electron chi connectivity index (χ3n) is 2.38. The highest BCUT2D eigenvalue weighted by molar-refractivity contribution is 8.19. The lowest BCUT2D eigenvalue weighted by molar-refractivity contribution is 0.131. The maximum absolute atomic E-state index is 12.6. The van der Waals surface area contributed by atoms with Crippen molar-refractivity contribution in [2.45, 2.75) is 20.5 Å². The first-order chi connectivity index (χ1) is 10.3. The molecular weight excluding hydrogens is 329 g/mol. The van der Waals surface area contributed by atoms with Crippen molar-refractivity contribution >= 4 is 22.2 Å². The summed E-state index contributed by atoms with van der Waals surface area (Å²) in [5.41, 5.74) is 0.793. The van der Waals surface area contributed by atoms with Crippen molar-refractivity contribution < 1.29 is 26.9 Å². The van der Waals surface area contributed by atoms with Gasteiger partial charge in [0.1, 0.15) is 6.61 Å². The van der Waals surface area contributed by atoms with E-state index in [4.69, 9.17) is 13.9 Å². The predicted octanol–water partition coefficient (Wildman–Crippen LogP) is 2.78. The number of rotatable bonds is 8. The second-order valence-electron chi connectivity index (χ2n) is 4.24. The van der Waals surface area contributed by atoms with Gasteiger partial charge in [-0.05, 0) is 19.4 Å². The van der Waals surface area contributed by atoms with Crippen LogP contribution >= 0.6 is 7.60 Å². The Kier molecular flexibility index (Phi) is 7.22. The number of sulfone groups is 1. The normalized spacial score (nSPS) is 13.1.